The first kappa shape index (κ1) is 8.87. The van der Waals surface area contributed by atoms with Crippen LogP contribution in [0.5, 0.6) is 0 Å². The van der Waals surface area contributed by atoms with Crippen LogP contribution < -0.4 is 0 Å². The molecule has 0 N–H and O–H groups in total. The second-order valence-corrected chi connectivity index (χ2v) is 4.40. The van der Waals surface area contributed by atoms with Crippen LogP contribution in [0, 0.1) is 0 Å². The number of isocyanates is 1. The Labute approximate surface area is 89.0 Å². The number of fused-ring (bicyclic) bond motifs is 3. The monoisotopic (exact) mass is 199 g/mol. The molecule has 3 rings (SSSR count). The van der Waals surface area contributed by atoms with Crippen LogP contribution in [0.15, 0.2) is 11.1 Å². The smallest absolute Gasteiger partial charge is 0.211 e. The highest BCUT2D eigenvalue weighted by Gasteiger charge is 2.23. The lowest BCUT2D eigenvalue weighted by atomic mass is 9.98. The van der Waals surface area contributed by atoms with Gasteiger partial charge in [-0.05, 0) is 66.8 Å². The van der Waals surface area contributed by atoms with Crippen LogP contribution in [0.3, 0.4) is 0 Å². The molecule has 0 atom stereocenters. The molecule has 2 heteroatoms. The first-order chi connectivity index (χ1) is 7.40. The zero-order valence-corrected chi connectivity index (χ0v) is 8.68. The average molecular weight is 199 g/mol. The van der Waals surface area contributed by atoms with E-state index < -0.39 is 0 Å². The van der Waals surface area contributed by atoms with Crippen molar-refractivity contribution in [2.24, 2.45) is 4.99 Å². The molecule has 0 radical (unpaired) electrons. The molecule has 0 saturated carbocycles. The van der Waals surface area contributed by atoms with E-state index in [1.165, 1.54) is 42.4 Å². The number of nitrogens with zero attached hydrogens (tertiary/aromatic N) is 1. The molecule has 0 bridgehead atoms. The van der Waals surface area contributed by atoms with Crippen molar-refractivity contribution in [3.63, 3.8) is 0 Å². The number of hydrogen-bond acceptors (Lipinski definition) is 2. The van der Waals surface area contributed by atoms with Gasteiger partial charge in [-0.2, -0.15) is 4.99 Å². The number of rotatable bonds is 1. The fraction of sp³-hybridized carbons (Fsp3) is 0.462. The Kier molecular flexibility index (Phi) is 1.96. The highest BCUT2D eigenvalue weighted by molar-refractivity contribution is 5.62. The van der Waals surface area contributed by atoms with Crippen molar-refractivity contribution in [2.75, 3.05) is 0 Å². The molecule has 2 aliphatic carbocycles. The summed E-state index contributed by atoms with van der Waals surface area (Å²) < 4.78 is 0. The van der Waals surface area contributed by atoms with Crippen LogP contribution in [-0.2, 0) is 30.5 Å². The molecule has 15 heavy (non-hydrogen) atoms. The summed E-state index contributed by atoms with van der Waals surface area (Å²) in [4.78, 5) is 14.2. The zero-order chi connectivity index (χ0) is 10.3. The van der Waals surface area contributed by atoms with Crippen molar-refractivity contribution in [3.8, 4) is 0 Å². The lowest BCUT2D eigenvalue weighted by Crippen LogP contribution is -1.93. The fourth-order valence-corrected chi connectivity index (χ4v) is 3.03. The molecule has 0 fully saturated rings. The first-order valence-corrected chi connectivity index (χ1v) is 5.64. The Morgan fingerprint density at radius 2 is 1.73 bits per heavy atom. The molecular weight excluding hydrogens is 186 g/mol. The van der Waals surface area contributed by atoms with Crippen molar-refractivity contribution in [3.05, 3.63) is 28.3 Å². The maximum Gasteiger partial charge on any atom is 0.240 e. The van der Waals surface area contributed by atoms with E-state index >= 15 is 0 Å². The summed E-state index contributed by atoms with van der Waals surface area (Å²) in [6.45, 7) is 0. The number of carbonyl (C=O) groups excluding carboxylic acids is 1. The summed E-state index contributed by atoms with van der Waals surface area (Å²) in [6, 6.07) is 2.11. The number of hydrogen-bond donors (Lipinski definition) is 0. The highest BCUT2D eigenvalue weighted by Crippen LogP contribution is 2.39. The van der Waals surface area contributed by atoms with Gasteiger partial charge in [0.1, 0.15) is 0 Å². The van der Waals surface area contributed by atoms with Crippen LogP contribution in [0.25, 0.3) is 0 Å². The largest absolute Gasteiger partial charge is 0.240 e. The van der Waals surface area contributed by atoms with Crippen LogP contribution >= 0.6 is 0 Å². The van der Waals surface area contributed by atoms with Crippen molar-refractivity contribution < 1.29 is 4.79 Å². The highest BCUT2D eigenvalue weighted by atomic mass is 16.1. The normalized spacial score (nSPS) is 17.1. The van der Waals surface area contributed by atoms with E-state index in [-0.39, 0.29) is 0 Å². The molecule has 0 amide bonds. The van der Waals surface area contributed by atoms with Gasteiger partial charge < -0.3 is 0 Å². The minimum absolute atomic E-state index is 0.887. The SMILES string of the molecule is O=C=Nc1cc2c(c3c1CCC3)CCC2. The predicted octanol–water partition coefficient (Wildman–Crippen LogP) is 2.63. The topological polar surface area (TPSA) is 29.4 Å². The van der Waals surface area contributed by atoms with Gasteiger partial charge in [0.2, 0.25) is 6.08 Å². The molecule has 0 saturated heterocycles. The molecule has 76 valence electrons. The molecule has 0 spiro atoms. The molecule has 0 aromatic heterocycles. The van der Waals surface area contributed by atoms with Crippen LogP contribution in [0.4, 0.5) is 5.69 Å². The third-order valence-corrected chi connectivity index (χ3v) is 3.63. The molecule has 2 nitrogen and oxygen atoms in total. The summed E-state index contributed by atoms with van der Waals surface area (Å²) >= 11 is 0. The van der Waals surface area contributed by atoms with Crippen LogP contribution in [0.1, 0.15) is 35.1 Å². The summed E-state index contributed by atoms with van der Waals surface area (Å²) in [5, 5.41) is 0. The fourth-order valence-electron chi connectivity index (χ4n) is 3.03. The van der Waals surface area contributed by atoms with Gasteiger partial charge in [-0.25, -0.2) is 4.79 Å². The number of benzene rings is 1. The van der Waals surface area contributed by atoms with Gasteiger partial charge >= 0.3 is 0 Å². The van der Waals surface area contributed by atoms with Gasteiger partial charge in [-0.15, -0.1) is 0 Å². The molecule has 2 aliphatic rings. The quantitative estimate of drug-likeness (QED) is 0.505. The number of aliphatic imine (C=N–C) groups is 1. The maximum atomic E-state index is 10.4. The first-order valence-electron chi connectivity index (χ1n) is 5.64. The second-order valence-electron chi connectivity index (χ2n) is 4.40. The minimum atomic E-state index is 0.887. The molecule has 1 aromatic rings. The average Bonchev–Trinajstić information content (AvgIpc) is 2.84. The van der Waals surface area contributed by atoms with E-state index in [2.05, 4.69) is 11.1 Å². The Bertz CT molecular complexity index is 470. The van der Waals surface area contributed by atoms with E-state index in [4.69, 9.17) is 0 Å². The lowest BCUT2D eigenvalue weighted by Gasteiger charge is -2.09. The Morgan fingerprint density at radius 1 is 1.00 bits per heavy atom. The van der Waals surface area contributed by atoms with Crippen LogP contribution in [-0.4, -0.2) is 6.08 Å². The number of aryl methyl sites for hydroxylation is 1. The molecule has 0 unspecified atom stereocenters. The van der Waals surface area contributed by atoms with E-state index in [1.807, 2.05) is 0 Å². The van der Waals surface area contributed by atoms with E-state index in [9.17, 15) is 4.79 Å². The van der Waals surface area contributed by atoms with E-state index in [0.717, 1.165) is 18.5 Å². The van der Waals surface area contributed by atoms with Gasteiger partial charge in [0, 0.05) is 0 Å². The zero-order valence-electron chi connectivity index (χ0n) is 8.68. The van der Waals surface area contributed by atoms with Crippen molar-refractivity contribution in [1.82, 2.24) is 0 Å². The van der Waals surface area contributed by atoms with Gasteiger partial charge in [0.25, 0.3) is 0 Å². The summed E-state index contributed by atoms with van der Waals surface area (Å²) in [5.74, 6) is 0. The maximum absolute atomic E-state index is 10.4. The second kappa shape index (κ2) is 3.32. The van der Waals surface area contributed by atoms with Crippen molar-refractivity contribution >= 4 is 11.8 Å². The predicted molar refractivity (Wildman–Crippen MR) is 58.3 cm³/mol. The lowest BCUT2D eigenvalue weighted by molar-refractivity contribution is 0.565. The Morgan fingerprint density at radius 3 is 2.60 bits per heavy atom. The summed E-state index contributed by atoms with van der Waals surface area (Å²) in [5.41, 5.74) is 6.69. The van der Waals surface area contributed by atoms with Crippen molar-refractivity contribution in [2.45, 2.75) is 38.5 Å². The van der Waals surface area contributed by atoms with Gasteiger partial charge in [-0.1, -0.05) is 0 Å². The van der Waals surface area contributed by atoms with E-state index in [1.54, 1.807) is 11.6 Å². The van der Waals surface area contributed by atoms with Crippen LogP contribution in [0.2, 0.25) is 0 Å². The Hall–Kier alpha value is -1.40. The summed E-state index contributed by atoms with van der Waals surface area (Å²) in [7, 11) is 0. The Balaban J connectivity index is 2.26. The van der Waals surface area contributed by atoms with Crippen molar-refractivity contribution in [1.29, 1.82) is 0 Å². The third-order valence-electron chi connectivity index (χ3n) is 3.63. The molecule has 0 heterocycles. The van der Waals surface area contributed by atoms with E-state index in [0.29, 0.717) is 0 Å². The summed E-state index contributed by atoms with van der Waals surface area (Å²) in [6.07, 6.45) is 8.80. The van der Waals surface area contributed by atoms with Gasteiger partial charge in [-0.3, -0.25) is 0 Å². The molecular formula is C13H13NO. The standard InChI is InChI=1S/C13H13NO/c15-8-14-13-7-9-3-1-4-10(9)11-5-2-6-12(11)13/h7H,1-6H2. The molecule has 1 aromatic carbocycles. The third kappa shape index (κ3) is 1.25. The minimum Gasteiger partial charge on any atom is -0.211 e. The molecule has 0 aliphatic heterocycles. The van der Waals surface area contributed by atoms with Gasteiger partial charge in [0.15, 0.2) is 0 Å². The van der Waals surface area contributed by atoms with Gasteiger partial charge in [0.05, 0.1) is 5.69 Å².